The molecular weight excluding hydrogens is 394 g/mol. The predicted octanol–water partition coefficient (Wildman–Crippen LogP) is 3.62. The van der Waals surface area contributed by atoms with Crippen molar-refractivity contribution in [1.29, 1.82) is 0 Å². The fourth-order valence-corrected chi connectivity index (χ4v) is 7.18. The third-order valence-corrected chi connectivity index (χ3v) is 8.99. The molecule has 28 heavy (non-hydrogen) atoms. The molecule has 0 spiro atoms. The van der Waals surface area contributed by atoms with Crippen molar-refractivity contribution in [3.63, 3.8) is 0 Å². The molecule has 2 aliphatic carbocycles. The number of anilines is 1. The zero-order chi connectivity index (χ0) is 19.3. The highest BCUT2D eigenvalue weighted by atomic mass is 32.2. The number of carbonyl (C=O) groups is 1. The number of nitrogens with one attached hydrogen (secondary N) is 1. The van der Waals surface area contributed by atoms with E-state index < -0.39 is 10.0 Å². The van der Waals surface area contributed by atoms with E-state index >= 15 is 0 Å². The van der Waals surface area contributed by atoms with Gasteiger partial charge in [-0.05, 0) is 55.7 Å². The predicted molar refractivity (Wildman–Crippen MR) is 110 cm³/mol. The van der Waals surface area contributed by atoms with Crippen molar-refractivity contribution in [1.82, 2.24) is 9.29 Å². The number of benzene rings is 1. The monoisotopic (exact) mass is 417 g/mol. The second kappa shape index (κ2) is 6.93. The zero-order valence-corrected chi connectivity index (χ0v) is 17.1. The molecule has 1 saturated heterocycles. The minimum Gasteiger partial charge on any atom is -0.302 e. The first-order valence-corrected chi connectivity index (χ1v) is 12.2. The normalized spacial score (nSPS) is 27.5. The van der Waals surface area contributed by atoms with Crippen LogP contribution in [0.4, 0.5) is 5.13 Å². The van der Waals surface area contributed by atoms with Gasteiger partial charge in [0.25, 0.3) is 0 Å². The molecule has 1 saturated carbocycles. The van der Waals surface area contributed by atoms with Gasteiger partial charge in [0.1, 0.15) is 0 Å². The summed E-state index contributed by atoms with van der Waals surface area (Å²) in [5.74, 6) is 0.938. The summed E-state index contributed by atoms with van der Waals surface area (Å²) in [6.07, 6.45) is 9.28. The first kappa shape index (κ1) is 18.3. The molecule has 2 aromatic rings. The second-order valence-corrected chi connectivity index (χ2v) is 11.0. The highest BCUT2D eigenvalue weighted by molar-refractivity contribution is 7.89. The van der Waals surface area contributed by atoms with Gasteiger partial charge in [0.2, 0.25) is 15.9 Å². The number of sulfonamides is 1. The Morgan fingerprint density at radius 1 is 1.14 bits per heavy atom. The van der Waals surface area contributed by atoms with Crippen LogP contribution < -0.4 is 5.32 Å². The second-order valence-electron chi connectivity index (χ2n) is 7.99. The number of amides is 1. The molecule has 6 nitrogen and oxygen atoms in total. The molecular formula is C20H23N3O3S2. The molecule has 2 fully saturated rings. The number of allylic oxidation sites excluding steroid dienone is 2. The molecule has 8 heteroatoms. The number of rotatable bonds is 4. The minimum absolute atomic E-state index is 0.0250. The van der Waals surface area contributed by atoms with E-state index in [1.807, 2.05) is 0 Å². The molecule has 0 unspecified atom stereocenters. The lowest BCUT2D eigenvalue weighted by Crippen LogP contribution is -2.35. The van der Waals surface area contributed by atoms with Gasteiger partial charge >= 0.3 is 0 Å². The van der Waals surface area contributed by atoms with E-state index in [0.29, 0.717) is 40.5 Å². The highest BCUT2D eigenvalue weighted by Crippen LogP contribution is 2.44. The number of nitrogens with zero attached hydrogens (tertiary/aromatic N) is 2. The van der Waals surface area contributed by atoms with E-state index in [0.717, 1.165) is 36.8 Å². The van der Waals surface area contributed by atoms with E-state index in [1.54, 1.807) is 22.5 Å². The topological polar surface area (TPSA) is 79.4 Å². The van der Waals surface area contributed by atoms with E-state index in [9.17, 15) is 13.2 Å². The van der Waals surface area contributed by atoms with Crippen LogP contribution in [-0.2, 0) is 14.8 Å². The molecule has 0 radical (unpaired) electrons. The Hall–Kier alpha value is -1.77. The lowest BCUT2D eigenvalue weighted by atomic mass is 9.93. The van der Waals surface area contributed by atoms with Gasteiger partial charge in [-0.3, -0.25) is 4.79 Å². The Morgan fingerprint density at radius 3 is 2.68 bits per heavy atom. The molecule has 1 aromatic carbocycles. The van der Waals surface area contributed by atoms with E-state index in [4.69, 9.17) is 0 Å². The maximum absolute atomic E-state index is 12.9. The van der Waals surface area contributed by atoms with Gasteiger partial charge < -0.3 is 5.32 Å². The maximum atomic E-state index is 12.9. The van der Waals surface area contributed by atoms with Gasteiger partial charge in [-0.15, -0.1) is 0 Å². The summed E-state index contributed by atoms with van der Waals surface area (Å²) >= 11 is 1.34. The summed E-state index contributed by atoms with van der Waals surface area (Å²) in [6.45, 7) is 1.17. The van der Waals surface area contributed by atoms with Gasteiger partial charge in [-0.1, -0.05) is 29.9 Å². The SMILES string of the molecule is O=C(Nc1nc2ccc(S(=O)(=O)N3CCCCC3)cc2s1)[C@@H]1C[C@@H]2C=C[C@@H]1C2. The molecule has 2 heterocycles. The smallest absolute Gasteiger partial charge is 0.243 e. The molecule has 2 bridgehead atoms. The van der Waals surface area contributed by atoms with E-state index in [-0.39, 0.29) is 11.8 Å². The van der Waals surface area contributed by atoms with Crippen LogP contribution in [0.2, 0.25) is 0 Å². The third-order valence-electron chi connectivity index (χ3n) is 6.16. The summed E-state index contributed by atoms with van der Waals surface area (Å²) in [5.41, 5.74) is 0.714. The van der Waals surface area contributed by atoms with E-state index in [2.05, 4.69) is 22.5 Å². The Bertz CT molecular complexity index is 1050. The summed E-state index contributed by atoms with van der Waals surface area (Å²) < 4.78 is 28.1. The molecule has 5 rings (SSSR count). The van der Waals surface area contributed by atoms with Gasteiger partial charge in [0.15, 0.2) is 5.13 Å². The van der Waals surface area contributed by atoms with Crippen LogP contribution in [0.5, 0.6) is 0 Å². The number of aromatic nitrogens is 1. The maximum Gasteiger partial charge on any atom is 0.243 e. The first-order chi connectivity index (χ1) is 13.5. The highest BCUT2D eigenvalue weighted by Gasteiger charge is 2.40. The zero-order valence-electron chi connectivity index (χ0n) is 15.5. The molecule has 3 aliphatic rings. The van der Waals surface area contributed by atoms with Crippen molar-refractivity contribution in [3.05, 3.63) is 30.4 Å². The molecule has 1 aromatic heterocycles. The third kappa shape index (κ3) is 3.17. The van der Waals surface area contributed by atoms with Gasteiger partial charge in [-0.25, -0.2) is 13.4 Å². The summed E-state index contributed by atoms with van der Waals surface area (Å²) in [7, 11) is -3.47. The number of fused-ring (bicyclic) bond motifs is 3. The number of hydrogen-bond donors (Lipinski definition) is 1. The number of hydrogen-bond acceptors (Lipinski definition) is 5. The van der Waals surface area contributed by atoms with E-state index in [1.165, 1.54) is 11.3 Å². The van der Waals surface area contributed by atoms with Crippen LogP contribution in [0.3, 0.4) is 0 Å². The minimum atomic E-state index is -3.47. The Morgan fingerprint density at radius 2 is 1.96 bits per heavy atom. The van der Waals surface area contributed by atoms with Crippen molar-refractivity contribution in [3.8, 4) is 0 Å². The van der Waals surface area contributed by atoms with Crippen LogP contribution >= 0.6 is 11.3 Å². The summed E-state index contributed by atoms with van der Waals surface area (Å²) in [5, 5.41) is 3.50. The Labute approximate surface area is 168 Å². The summed E-state index contributed by atoms with van der Waals surface area (Å²) in [6, 6.07) is 5.05. The van der Waals surface area contributed by atoms with Crippen molar-refractivity contribution in [2.75, 3.05) is 18.4 Å². The van der Waals surface area contributed by atoms with Crippen molar-refractivity contribution in [2.45, 2.75) is 37.0 Å². The number of carbonyl (C=O) groups excluding carboxylic acids is 1. The quantitative estimate of drug-likeness (QED) is 0.771. The average molecular weight is 418 g/mol. The fourth-order valence-electron chi connectivity index (χ4n) is 4.65. The van der Waals surface area contributed by atoms with Crippen molar-refractivity contribution < 1.29 is 13.2 Å². The summed E-state index contributed by atoms with van der Waals surface area (Å²) in [4.78, 5) is 17.4. The molecule has 1 N–H and O–H groups in total. The van der Waals surface area contributed by atoms with Crippen LogP contribution in [0, 0.1) is 17.8 Å². The number of thiazole rings is 1. The molecule has 1 amide bonds. The van der Waals surface area contributed by atoms with Gasteiger partial charge in [0.05, 0.1) is 15.1 Å². The largest absolute Gasteiger partial charge is 0.302 e. The van der Waals surface area contributed by atoms with Gasteiger partial charge in [0, 0.05) is 19.0 Å². The van der Waals surface area contributed by atoms with Crippen LogP contribution in [0.1, 0.15) is 32.1 Å². The van der Waals surface area contributed by atoms with Crippen LogP contribution in [0.25, 0.3) is 10.2 Å². The van der Waals surface area contributed by atoms with Crippen LogP contribution in [-0.4, -0.2) is 36.7 Å². The van der Waals surface area contributed by atoms with Gasteiger partial charge in [-0.2, -0.15) is 4.31 Å². The lowest BCUT2D eigenvalue weighted by Gasteiger charge is -2.25. The standard InChI is InChI=1S/C20H23N3O3S2/c24-19(16-11-13-4-5-14(16)10-13)22-20-21-17-7-6-15(12-18(17)27-20)28(25,26)23-8-2-1-3-9-23/h4-7,12-14,16H,1-3,8-11H2,(H,21,22,24)/t13-,14-,16-/m1/s1. The van der Waals surface area contributed by atoms with Crippen molar-refractivity contribution >= 4 is 42.6 Å². The fraction of sp³-hybridized carbons (Fsp3) is 0.500. The van der Waals surface area contributed by atoms with Crippen molar-refractivity contribution in [2.24, 2.45) is 17.8 Å². The first-order valence-electron chi connectivity index (χ1n) is 9.91. The molecule has 3 atom stereocenters. The van der Waals surface area contributed by atoms with Crippen LogP contribution in [0.15, 0.2) is 35.2 Å². The number of piperidine rings is 1. The molecule has 148 valence electrons. The Balaban J connectivity index is 1.36. The Kier molecular flexibility index (Phi) is 4.52. The average Bonchev–Trinajstić information content (AvgIpc) is 3.43. The lowest BCUT2D eigenvalue weighted by molar-refractivity contribution is -0.120. The molecule has 1 aliphatic heterocycles.